The van der Waals surface area contributed by atoms with E-state index in [0.29, 0.717) is 12.4 Å². The van der Waals surface area contributed by atoms with Gasteiger partial charge in [-0.2, -0.15) is 5.10 Å². The fraction of sp³-hybridized carbons (Fsp3) is 0.412. The minimum atomic E-state index is -0.178. The number of nitrogens with two attached hydrogens (primary N) is 1. The van der Waals surface area contributed by atoms with Crippen LogP contribution in [0.2, 0.25) is 0 Å². The third kappa shape index (κ3) is 2.49. The van der Waals surface area contributed by atoms with Crippen molar-refractivity contribution in [2.75, 3.05) is 12.3 Å². The lowest BCUT2D eigenvalue weighted by Crippen LogP contribution is -2.15. The number of hydrogen-bond acceptors (Lipinski definition) is 4. The molecule has 0 radical (unpaired) electrons. The number of aryl methyl sites for hydroxylation is 1. The van der Waals surface area contributed by atoms with E-state index in [1.165, 1.54) is 0 Å². The van der Waals surface area contributed by atoms with E-state index in [1.807, 2.05) is 35.9 Å². The first-order valence-electron chi connectivity index (χ1n) is 7.74. The minimum Gasteiger partial charge on any atom is -0.394 e. The fourth-order valence-corrected chi connectivity index (χ4v) is 2.85. The zero-order valence-electron chi connectivity index (χ0n) is 14.0. The molecular weight excluding hydrogens is 290 g/mol. The lowest BCUT2D eigenvalue weighted by Gasteiger charge is -2.17. The van der Waals surface area contributed by atoms with Crippen LogP contribution in [-0.4, -0.2) is 31.0 Å². The van der Waals surface area contributed by atoms with Crippen LogP contribution >= 0.6 is 0 Å². The summed E-state index contributed by atoms with van der Waals surface area (Å²) in [5.41, 5.74) is 9.89. The molecule has 0 atom stereocenters. The van der Waals surface area contributed by atoms with Gasteiger partial charge in [0, 0.05) is 12.5 Å². The molecule has 0 saturated carbocycles. The van der Waals surface area contributed by atoms with Gasteiger partial charge in [0.25, 0.3) is 0 Å². The Kier molecular flexibility index (Phi) is 3.64. The van der Waals surface area contributed by atoms with Crippen LogP contribution in [0.1, 0.15) is 26.5 Å². The van der Waals surface area contributed by atoms with Gasteiger partial charge in [0.2, 0.25) is 0 Å². The van der Waals surface area contributed by atoms with E-state index in [0.717, 1.165) is 28.1 Å². The Hall–Kier alpha value is -2.34. The number of nitrogen functional groups attached to an aromatic ring is 1. The van der Waals surface area contributed by atoms with Crippen LogP contribution in [0.25, 0.3) is 22.4 Å². The van der Waals surface area contributed by atoms with Gasteiger partial charge in [0.05, 0.1) is 35.4 Å². The highest BCUT2D eigenvalue weighted by molar-refractivity contribution is 5.84. The van der Waals surface area contributed by atoms with Gasteiger partial charge in [0.15, 0.2) is 0 Å². The van der Waals surface area contributed by atoms with Crippen LogP contribution in [-0.2, 0) is 19.0 Å². The molecule has 0 aliphatic rings. The molecule has 0 amide bonds. The number of hydrogen-bond donors (Lipinski definition) is 2. The van der Waals surface area contributed by atoms with E-state index < -0.39 is 0 Å². The molecule has 6 heteroatoms. The Morgan fingerprint density at radius 3 is 2.52 bits per heavy atom. The van der Waals surface area contributed by atoms with E-state index in [-0.39, 0.29) is 12.0 Å². The molecule has 2 aromatic heterocycles. The van der Waals surface area contributed by atoms with E-state index in [9.17, 15) is 5.11 Å². The Balaban J connectivity index is 2.30. The molecule has 122 valence electrons. The lowest BCUT2D eigenvalue weighted by atomic mass is 9.89. The Labute approximate surface area is 135 Å². The molecule has 0 saturated heterocycles. The molecule has 2 heterocycles. The van der Waals surface area contributed by atoms with Crippen molar-refractivity contribution in [3.63, 3.8) is 0 Å². The van der Waals surface area contributed by atoms with Crippen molar-refractivity contribution in [1.82, 2.24) is 19.3 Å². The highest BCUT2D eigenvalue weighted by Crippen LogP contribution is 2.37. The van der Waals surface area contributed by atoms with Gasteiger partial charge in [-0.1, -0.05) is 32.9 Å². The quantitative estimate of drug-likeness (QED) is 0.777. The predicted octanol–water partition coefficient (Wildman–Crippen LogP) is 2.31. The van der Waals surface area contributed by atoms with Crippen LogP contribution in [0.4, 0.5) is 5.82 Å². The zero-order valence-corrected chi connectivity index (χ0v) is 14.0. The largest absolute Gasteiger partial charge is 0.394 e. The molecule has 23 heavy (non-hydrogen) atoms. The van der Waals surface area contributed by atoms with E-state index >= 15 is 0 Å². The maximum Gasteiger partial charge on any atom is 0.146 e. The molecule has 1 aromatic carbocycles. The van der Waals surface area contributed by atoms with Crippen LogP contribution in [0, 0.1) is 0 Å². The summed E-state index contributed by atoms with van der Waals surface area (Å²) in [6.45, 7) is 6.68. The smallest absolute Gasteiger partial charge is 0.146 e. The Morgan fingerprint density at radius 1 is 1.22 bits per heavy atom. The predicted molar refractivity (Wildman–Crippen MR) is 92.1 cm³/mol. The number of fused-ring (bicyclic) bond motifs is 1. The molecule has 6 nitrogen and oxygen atoms in total. The van der Waals surface area contributed by atoms with Gasteiger partial charge in [-0.3, -0.25) is 0 Å². The number of para-hydroxylation sites is 2. The number of anilines is 1. The number of aromatic nitrogens is 4. The van der Waals surface area contributed by atoms with Crippen LogP contribution in [0.3, 0.4) is 0 Å². The van der Waals surface area contributed by atoms with Gasteiger partial charge in [-0.25, -0.2) is 9.67 Å². The highest BCUT2D eigenvalue weighted by atomic mass is 16.3. The molecular formula is C17H23N5O. The minimum absolute atomic E-state index is 0.00254. The average molecular weight is 313 g/mol. The molecule has 0 fully saturated rings. The van der Waals surface area contributed by atoms with Crippen LogP contribution in [0.5, 0.6) is 0 Å². The van der Waals surface area contributed by atoms with Gasteiger partial charge < -0.3 is 15.4 Å². The number of imidazole rings is 1. The first-order valence-corrected chi connectivity index (χ1v) is 7.74. The number of aliphatic hydroxyl groups is 1. The van der Waals surface area contributed by atoms with Crippen molar-refractivity contribution in [1.29, 1.82) is 0 Å². The molecule has 0 aliphatic heterocycles. The van der Waals surface area contributed by atoms with Crippen molar-refractivity contribution in [3.8, 4) is 11.4 Å². The second kappa shape index (κ2) is 5.38. The lowest BCUT2D eigenvalue weighted by molar-refractivity contribution is 0.269. The standard InChI is InChI=1S/C17H23N5O/c1-17(2,3)14-13(15(18)22(20-14)9-10-23)16-19-11-7-5-6-8-12(11)21(16)4/h5-8,23H,9-10,18H2,1-4H3. The van der Waals surface area contributed by atoms with Gasteiger partial charge >= 0.3 is 0 Å². The number of benzene rings is 1. The number of nitrogens with zero attached hydrogens (tertiary/aromatic N) is 4. The number of aliphatic hydroxyl groups excluding tert-OH is 1. The third-order valence-corrected chi connectivity index (χ3v) is 4.02. The monoisotopic (exact) mass is 313 g/mol. The summed E-state index contributed by atoms with van der Waals surface area (Å²) in [6.07, 6.45) is 0. The summed E-state index contributed by atoms with van der Waals surface area (Å²) in [5, 5.41) is 13.9. The van der Waals surface area contributed by atoms with Crippen LogP contribution < -0.4 is 5.73 Å². The number of rotatable bonds is 3. The summed E-state index contributed by atoms with van der Waals surface area (Å²) in [5.74, 6) is 1.35. The third-order valence-electron chi connectivity index (χ3n) is 4.02. The molecule has 0 bridgehead atoms. The fourth-order valence-electron chi connectivity index (χ4n) is 2.85. The first-order chi connectivity index (χ1) is 10.8. The molecule has 0 spiro atoms. The van der Waals surface area contributed by atoms with E-state index in [2.05, 4.69) is 25.9 Å². The summed E-state index contributed by atoms with van der Waals surface area (Å²) >= 11 is 0. The van der Waals surface area contributed by atoms with Crippen molar-refractivity contribution < 1.29 is 5.11 Å². The van der Waals surface area contributed by atoms with Gasteiger partial charge in [-0.05, 0) is 12.1 Å². The molecule has 3 N–H and O–H groups in total. The summed E-state index contributed by atoms with van der Waals surface area (Å²) in [6, 6.07) is 8.00. The second-order valence-electron chi connectivity index (χ2n) is 6.79. The summed E-state index contributed by atoms with van der Waals surface area (Å²) in [4.78, 5) is 4.76. The summed E-state index contributed by atoms with van der Waals surface area (Å²) in [7, 11) is 1.99. The maximum absolute atomic E-state index is 9.25. The van der Waals surface area contributed by atoms with E-state index in [4.69, 9.17) is 10.7 Å². The average Bonchev–Trinajstić information content (AvgIpc) is 2.98. The van der Waals surface area contributed by atoms with Crippen molar-refractivity contribution in [3.05, 3.63) is 30.0 Å². The molecule has 3 aromatic rings. The summed E-state index contributed by atoms with van der Waals surface area (Å²) < 4.78 is 3.70. The van der Waals surface area contributed by atoms with Gasteiger partial charge in [0.1, 0.15) is 11.6 Å². The zero-order chi connectivity index (χ0) is 16.8. The van der Waals surface area contributed by atoms with E-state index in [1.54, 1.807) is 4.68 Å². The van der Waals surface area contributed by atoms with Gasteiger partial charge in [-0.15, -0.1) is 0 Å². The van der Waals surface area contributed by atoms with Crippen molar-refractivity contribution >= 4 is 16.9 Å². The van der Waals surface area contributed by atoms with Crippen molar-refractivity contribution in [2.24, 2.45) is 7.05 Å². The molecule has 3 rings (SSSR count). The second-order valence-corrected chi connectivity index (χ2v) is 6.79. The highest BCUT2D eigenvalue weighted by Gasteiger charge is 2.29. The molecule has 0 aliphatic carbocycles. The van der Waals surface area contributed by atoms with Crippen molar-refractivity contribution in [2.45, 2.75) is 32.7 Å². The molecule has 0 unspecified atom stereocenters. The SMILES string of the molecule is Cn1c(-c2c(C(C)(C)C)nn(CCO)c2N)nc2ccccc21. The maximum atomic E-state index is 9.25. The normalized spacial score (nSPS) is 12.2. The Morgan fingerprint density at radius 2 is 1.91 bits per heavy atom. The van der Waals surface area contributed by atoms with Crippen LogP contribution in [0.15, 0.2) is 24.3 Å². The Bertz CT molecular complexity index is 854. The first kappa shape index (κ1) is 15.6. The topological polar surface area (TPSA) is 81.9 Å².